The smallest absolute Gasteiger partial charge is 0.311 e. The normalized spacial score (nSPS) is 11.8. The van der Waals surface area contributed by atoms with Gasteiger partial charge in [0.1, 0.15) is 5.75 Å². The second kappa shape index (κ2) is 14.5. The summed E-state index contributed by atoms with van der Waals surface area (Å²) in [6, 6.07) is 6.23. The predicted octanol–water partition coefficient (Wildman–Crippen LogP) is 5.66. The first-order valence-corrected chi connectivity index (χ1v) is 10.5. The first-order chi connectivity index (χ1) is 12.5. The summed E-state index contributed by atoms with van der Waals surface area (Å²) in [6.45, 7) is 11.7. The largest absolute Gasteiger partial charge is 0.426 e. The van der Waals surface area contributed by atoms with E-state index in [2.05, 4.69) is 42.7 Å². The van der Waals surface area contributed by atoms with Crippen molar-refractivity contribution < 1.29 is 9.53 Å². The summed E-state index contributed by atoms with van der Waals surface area (Å²) >= 11 is 11.9. The van der Waals surface area contributed by atoms with Gasteiger partial charge in [-0.25, -0.2) is 0 Å². The Hall–Kier alpha value is -0.490. The fourth-order valence-electron chi connectivity index (χ4n) is 3.07. The van der Waals surface area contributed by atoms with Crippen molar-refractivity contribution in [2.24, 2.45) is 0 Å². The molecule has 0 saturated heterocycles. The Bertz CT molecular complexity index is 551. The summed E-state index contributed by atoms with van der Waals surface area (Å²) < 4.78 is 5.74. The van der Waals surface area contributed by atoms with Gasteiger partial charge < -0.3 is 9.64 Å². The third kappa shape index (κ3) is 8.18. The molecule has 0 heterocycles. The van der Waals surface area contributed by atoms with Gasteiger partial charge in [0.15, 0.2) is 0 Å². The van der Waals surface area contributed by atoms with Crippen molar-refractivity contribution in [2.75, 3.05) is 42.8 Å². The molecule has 1 aromatic carbocycles. The highest BCUT2D eigenvalue weighted by Gasteiger charge is 2.20. The van der Waals surface area contributed by atoms with E-state index in [9.17, 15) is 4.79 Å². The highest BCUT2D eigenvalue weighted by atomic mass is 79.9. The summed E-state index contributed by atoms with van der Waals surface area (Å²) in [6.07, 6.45) is 1.18. The van der Waals surface area contributed by atoms with Crippen molar-refractivity contribution in [3.63, 3.8) is 0 Å². The lowest BCUT2D eigenvalue weighted by molar-refractivity contribution is -0.134. The Balaban J connectivity index is 0.00000676. The number of nitrogens with zero attached hydrogens (tertiary/aromatic N) is 2. The number of esters is 1. The van der Waals surface area contributed by atoms with E-state index in [0.717, 1.165) is 30.8 Å². The molecule has 4 nitrogen and oxygen atoms in total. The maximum Gasteiger partial charge on any atom is 0.311 e. The van der Waals surface area contributed by atoms with Crippen LogP contribution in [0.1, 0.15) is 52.1 Å². The second-order valence-electron chi connectivity index (χ2n) is 6.21. The quantitative estimate of drug-likeness (QED) is 0.218. The molecular formula is C20H33BrCl2N2O2. The minimum atomic E-state index is -0.195. The summed E-state index contributed by atoms with van der Waals surface area (Å²) in [5.74, 6) is 1.46. The topological polar surface area (TPSA) is 32.8 Å². The highest BCUT2D eigenvalue weighted by Crippen LogP contribution is 2.33. The Morgan fingerprint density at radius 1 is 1.11 bits per heavy atom. The van der Waals surface area contributed by atoms with Crippen LogP contribution in [0, 0.1) is 0 Å². The number of carbonyl (C=O) groups is 1. The first-order valence-electron chi connectivity index (χ1n) is 9.47. The molecule has 1 atom stereocenters. The van der Waals surface area contributed by atoms with Gasteiger partial charge in [-0.2, -0.15) is 0 Å². The van der Waals surface area contributed by atoms with Gasteiger partial charge in [-0.15, -0.1) is 40.2 Å². The molecule has 0 fully saturated rings. The molecule has 0 saturated carbocycles. The lowest BCUT2D eigenvalue weighted by Crippen LogP contribution is -2.29. The Morgan fingerprint density at radius 2 is 1.70 bits per heavy atom. The minimum absolute atomic E-state index is 0. The lowest BCUT2D eigenvalue weighted by atomic mass is 10.0. The van der Waals surface area contributed by atoms with Crippen molar-refractivity contribution in [1.82, 2.24) is 4.90 Å². The third-order valence-electron chi connectivity index (χ3n) is 4.56. The highest BCUT2D eigenvalue weighted by molar-refractivity contribution is 8.93. The van der Waals surface area contributed by atoms with Crippen molar-refractivity contribution in [3.05, 3.63) is 23.8 Å². The van der Waals surface area contributed by atoms with Crippen molar-refractivity contribution in [1.29, 1.82) is 0 Å². The number of carbonyl (C=O) groups excluding carboxylic acids is 1. The summed E-state index contributed by atoms with van der Waals surface area (Å²) in [5.41, 5.74) is 2.00. The SMILES string of the molecule is Br.CCCC(=O)Oc1cc(N(CCCl)CCCl)ccc1C(C)N(CC)CC. The molecule has 0 N–H and O–H groups in total. The molecule has 27 heavy (non-hydrogen) atoms. The Kier molecular flexibility index (Phi) is 14.2. The van der Waals surface area contributed by atoms with Crippen LogP contribution in [0.25, 0.3) is 0 Å². The molecule has 0 aliphatic rings. The first kappa shape index (κ1) is 26.5. The molecule has 1 unspecified atom stereocenters. The van der Waals surface area contributed by atoms with Crippen molar-refractivity contribution >= 4 is 51.8 Å². The van der Waals surface area contributed by atoms with E-state index >= 15 is 0 Å². The molecule has 1 aromatic rings. The maximum absolute atomic E-state index is 12.1. The molecule has 0 aliphatic heterocycles. The molecule has 1 rings (SSSR count). The van der Waals surface area contributed by atoms with E-state index in [1.807, 2.05) is 13.0 Å². The molecule has 0 spiro atoms. The zero-order valence-electron chi connectivity index (χ0n) is 16.8. The maximum atomic E-state index is 12.1. The summed E-state index contributed by atoms with van der Waals surface area (Å²) in [4.78, 5) is 16.6. The molecule has 0 aliphatic carbocycles. The number of anilines is 1. The molecule has 0 bridgehead atoms. The minimum Gasteiger partial charge on any atom is -0.426 e. The molecule has 156 valence electrons. The fraction of sp³-hybridized carbons (Fsp3) is 0.650. The van der Waals surface area contributed by atoms with E-state index in [1.165, 1.54) is 0 Å². The van der Waals surface area contributed by atoms with E-state index in [-0.39, 0.29) is 29.0 Å². The van der Waals surface area contributed by atoms with Crippen LogP contribution in [0.5, 0.6) is 5.75 Å². The molecule has 0 aromatic heterocycles. The average Bonchev–Trinajstić information content (AvgIpc) is 2.62. The molecular weight excluding hydrogens is 451 g/mol. The van der Waals surface area contributed by atoms with E-state index < -0.39 is 0 Å². The zero-order valence-corrected chi connectivity index (χ0v) is 20.1. The number of hydrogen-bond acceptors (Lipinski definition) is 4. The molecule has 7 heteroatoms. The van der Waals surface area contributed by atoms with Gasteiger partial charge in [0.2, 0.25) is 0 Å². The number of alkyl halides is 2. The van der Waals surface area contributed by atoms with E-state index in [4.69, 9.17) is 27.9 Å². The van der Waals surface area contributed by atoms with Crippen LogP contribution in [0.4, 0.5) is 5.69 Å². The van der Waals surface area contributed by atoms with Gasteiger partial charge in [-0.05, 0) is 32.5 Å². The molecule has 0 amide bonds. The lowest BCUT2D eigenvalue weighted by Gasteiger charge is -2.29. The van der Waals surface area contributed by atoms with Crippen LogP contribution in [-0.4, -0.2) is 48.8 Å². The monoisotopic (exact) mass is 482 g/mol. The van der Waals surface area contributed by atoms with Gasteiger partial charge in [0.05, 0.1) is 0 Å². The van der Waals surface area contributed by atoms with Crippen molar-refractivity contribution in [3.8, 4) is 5.75 Å². The van der Waals surface area contributed by atoms with Gasteiger partial charge in [-0.1, -0.05) is 26.8 Å². The number of ether oxygens (including phenoxy) is 1. The average molecular weight is 484 g/mol. The van der Waals surface area contributed by atoms with Gasteiger partial charge in [0, 0.05) is 54.6 Å². The number of rotatable bonds is 12. The third-order valence-corrected chi connectivity index (χ3v) is 4.90. The van der Waals surface area contributed by atoms with Gasteiger partial charge >= 0.3 is 5.97 Å². The van der Waals surface area contributed by atoms with Crippen LogP contribution >= 0.6 is 40.2 Å². The molecule has 0 radical (unpaired) electrons. The van der Waals surface area contributed by atoms with Crippen LogP contribution in [0.3, 0.4) is 0 Å². The zero-order chi connectivity index (χ0) is 19.5. The number of benzene rings is 1. The summed E-state index contributed by atoms with van der Waals surface area (Å²) in [7, 11) is 0. The Morgan fingerprint density at radius 3 is 2.19 bits per heavy atom. The van der Waals surface area contributed by atoms with Crippen LogP contribution in [0.15, 0.2) is 18.2 Å². The predicted molar refractivity (Wildman–Crippen MR) is 122 cm³/mol. The van der Waals surface area contributed by atoms with Crippen LogP contribution in [0.2, 0.25) is 0 Å². The van der Waals surface area contributed by atoms with Gasteiger partial charge in [-0.3, -0.25) is 9.69 Å². The standard InChI is InChI=1S/C20H32Cl2N2O2.BrH/c1-5-8-20(25)26-19-15-17(24(13-11-21)14-12-22)9-10-18(19)16(4)23(6-2)7-3;/h9-10,15-16H,5-8,11-14H2,1-4H3;1H. The van der Waals surface area contributed by atoms with Crippen LogP contribution < -0.4 is 9.64 Å². The van der Waals surface area contributed by atoms with Crippen LogP contribution in [-0.2, 0) is 4.79 Å². The van der Waals surface area contributed by atoms with E-state index in [1.54, 1.807) is 0 Å². The number of hydrogen-bond donors (Lipinski definition) is 0. The van der Waals surface area contributed by atoms with E-state index in [0.29, 0.717) is 37.0 Å². The summed E-state index contributed by atoms with van der Waals surface area (Å²) in [5, 5.41) is 0. The fourth-order valence-corrected chi connectivity index (χ4v) is 3.48. The van der Waals surface area contributed by atoms with Crippen molar-refractivity contribution in [2.45, 2.75) is 46.6 Å². The van der Waals surface area contributed by atoms with Gasteiger partial charge in [0.25, 0.3) is 0 Å². The second-order valence-corrected chi connectivity index (χ2v) is 6.96. The number of halogens is 3. The Labute approximate surface area is 184 Å².